The maximum atomic E-state index is 15.2. The quantitative estimate of drug-likeness (QED) is 0.284. The second kappa shape index (κ2) is 12.4. The Bertz CT molecular complexity index is 919. The molecule has 4 aliphatic heterocycles. The number of carbonyl (C=O) groups is 2. The smallest absolute Gasteiger partial charge is 0.231 e. The van der Waals surface area contributed by atoms with E-state index in [2.05, 4.69) is 34.8 Å². The summed E-state index contributed by atoms with van der Waals surface area (Å²) in [5, 5.41) is 9.23. The number of amides is 2. The molecule has 7 N–H and O–H groups in total. The van der Waals surface area contributed by atoms with E-state index in [4.69, 9.17) is 11.5 Å². The minimum atomic E-state index is -1.47. The molecule has 5 unspecified atom stereocenters. The molecule has 3 fully saturated rings. The van der Waals surface area contributed by atoms with Gasteiger partial charge in [-0.05, 0) is 24.7 Å². The normalized spacial score (nSPS) is 32.0. The van der Waals surface area contributed by atoms with Gasteiger partial charge in [0.15, 0.2) is 6.17 Å². The molecule has 2 amide bonds. The maximum absolute atomic E-state index is 15.2. The number of rotatable bonds is 7. The average Bonchev–Trinajstić information content (AvgIpc) is 2.84. The predicted octanol–water partition coefficient (Wildman–Crippen LogP) is -0.143. The molecule has 0 spiro atoms. The van der Waals surface area contributed by atoms with Crippen LogP contribution >= 0.6 is 0 Å². The summed E-state index contributed by atoms with van der Waals surface area (Å²) in [5.41, 5.74) is 12.8. The number of allylic oxidation sites excluding steroid dienone is 1. The number of hydrogen-bond acceptors (Lipinski definition) is 8. The zero-order valence-corrected chi connectivity index (χ0v) is 22.6. The van der Waals surface area contributed by atoms with Crippen LogP contribution in [0.25, 0.3) is 0 Å². The number of hydrogen-bond donors (Lipinski definition) is 5. The molecule has 4 aliphatic rings. The van der Waals surface area contributed by atoms with Gasteiger partial charge >= 0.3 is 0 Å². The van der Waals surface area contributed by atoms with E-state index in [-0.39, 0.29) is 30.3 Å². The molecule has 0 aromatic heterocycles. The molecule has 0 aromatic carbocycles. The Morgan fingerprint density at radius 3 is 2.53 bits per heavy atom. The Balaban J connectivity index is 1.49. The molecule has 0 saturated carbocycles. The van der Waals surface area contributed by atoms with Crippen molar-refractivity contribution in [2.45, 2.75) is 64.1 Å². The largest absolute Gasteiger partial charge is 0.367 e. The third kappa shape index (κ3) is 6.52. The molecule has 3 saturated heterocycles. The van der Waals surface area contributed by atoms with E-state index < -0.39 is 36.4 Å². The van der Waals surface area contributed by atoms with Gasteiger partial charge in [-0.3, -0.25) is 14.6 Å². The molecular formula is C26H44F2N8O2. The van der Waals surface area contributed by atoms with E-state index in [1.54, 1.807) is 0 Å². The summed E-state index contributed by atoms with van der Waals surface area (Å²) >= 11 is 0. The minimum Gasteiger partial charge on any atom is -0.367 e. The van der Waals surface area contributed by atoms with E-state index in [1.807, 2.05) is 9.80 Å². The lowest BCUT2D eigenvalue weighted by atomic mass is 9.73. The van der Waals surface area contributed by atoms with E-state index in [9.17, 15) is 14.0 Å². The number of halogens is 2. The lowest BCUT2D eigenvalue weighted by molar-refractivity contribution is -0.138. The van der Waals surface area contributed by atoms with Crippen LogP contribution in [0.3, 0.4) is 0 Å². The topological polar surface area (TPSA) is 141 Å². The highest BCUT2D eigenvalue weighted by Gasteiger charge is 2.40. The van der Waals surface area contributed by atoms with Crippen LogP contribution in [0.4, 0.5) is 8.78 Å². The van der Waals surface area contributed by atoms with E-state index in [1.165, 1.54) is 6.21 Å². The monoisotopic (exact) mass is 538 g/mol. The second-order valence-electron chi connectivity index (χ2n) is 11.5. The van der Waals surface area contributed by atoms with Gasteiger partial charge in [0.25, 0.3) is 0 Å². The van der Waals surface area contributed by atoms with Crippen LogP contribution < -0.4 is 27.4 Å². The number of carbonyl (C=O) groups excluding carboxylic acids is 2. The first-order chi connectivity index (χ1) is 18.1. The van der Waals surface area contributed by atoms with E-state index >= 15 is 4.39 Å². The summed E-state index contributed by atoms with van der Waals surface area (Å²) in [6.07, 6.45) is 0.429. The Kier molecular flexibility index (Phi) is 9.38. The predicted molar refractivity (Wildman–Crippen MR) is 143 cm³/mol. The van der Waals surface area contributed by atoms with Crippen LogP contribution in [0.5, 0.6) is 0 Å². The first kappa shape index (κ1) is 28.8. The summed E-state index contributed by atoms with van der Waals surface area (Å²) in [4.78, 5) is 34.1. The standard InChI is InChI=1S/C26H44F2N8O2/c1-3-26(2)5-4-17(27)13-33-19(10-26)21(23(29)30)24(37)34-20-15-32-14-18(28)22(20)35-6-8-36(9-7-35)25(38)16-11-31-12-16/h14,16-19,21,23,31,33H,3-13,15,29-30H2,1-2H3,(H,34,37). The highest BCUT2D eigenvalue weighted by molar-refractivity contribution is 5.83. The van der Waals surface area contributed by atoms with E-state index in [0.717, 1.165) is 12.8 Å². The van der Waals surface area contributed by atoms with Crippen LogP contribution in [0.1, 0.15) is 39.5 Å². The molecule has 0 bridgehead atoms. The minimum absolute atomic E-state index is 0.0212. The molecule has 0 radical (unpaired) electrons. The number of aliphatic imine (C=N–C) groups is 1. The van der Waals surface area contributed by atoms with Gasteiger partial charge < -0.3 is 37.2 Å². The number of alkyl halides is 2. The number of dihydropyridines is 1. The molecule has 0 aliphatic carbocycles. The second-order valence-corrected chi connectivity index (χ2v) is 11.5. The Hall–Kier alpha value is -2.15. The van der Waals surface area contributed by atoms with Crippen LogP contribution in [-0.2, 0) is 9.59 Å². The fraction of sp³-hybridized carbons (Fsp3) is 0.808. The van der Waals surface area contributed by atoms with Crippen LogP contribution in [0.15, 0.2) is 16.4 Å². The van der Waals surface area contributed by atoms with Gasteiger partial charge in [-0.1, -0.05) is 20.3 Å². The fourth-order valence-electron chi connectivity index (χ4n) is 5.94. The molecule has 38 heavy (non-hydrogen) atoms. The molecule has 12 heteroatoms. The van der Waals surface area contributed by atoms with Crippen molar-refractivity contribution in [1.29, 1.82) is 0 Å². The summed E-state index contributed by atoms with van der Waals surface area (Å²) < 4.78 is 29.6. The van der Waals surface area contributed by atoms with Crippen molar-refractivity contribution in [3.05, 3.63) is 11.4 Å². The first-order valence-corrected chi connectivity index (χ1v) is 13.9. The third-order valence-electron chi connectivity index (χ3n) is 8.77. The van der Waals surface area contributed by atoms with Crippen molar-refractivity contribution in [2.75, 3.05) is 52.4 Å². The van der Waals surface area contributed by atoms with Gasteiger partial charge in [0.1, 0.15) is 6.17 Å². The SMILES string of the molecule is CCC1(C)CCC(F)CNC(C(C(=O)NC2=C(N3CCN(C(=O)C4CNC4)CC3)C(F)C=NC2)C(N)N)C1. The highest BCUT2D eigenvalue weighted by Crippen LogP contribution is 2.37. The lowest BCUT2D eigenvalue weighted by Gasteiger charge is -2.42. The van der Waals surface area contributed by atoms with Crippen molar-refractivity contribution < 1.29 is 18.4 Å². The van der Waals surface area contributed by atoms with Crippen molar-refractivity contribution in [1.82, 2.24) is 25.8 Å². The third-order valence-corrected chi connectivity index (χ3v) is 8.77. The molecular weight excluding hydrogens is 494 g/mol. The number of piperazine rings is 1. The van der Waals surface area contributed by atoms with Gasteiger partial charge in [-0.25, -0.2) is 8.78 Å². The van der Waals surface area contributed by atoms with Gasteiger partial charge in [0.05, 0.1) is 35.9 Å². The summed E-state index contributed by atoms with van der Waals surface area (Å²) in [6, 6.07) is -0.425. The fourth-order valence-corrected chi connectivity index (χ4v) is 5.94. The Morgan fingerprint density at radius 1 is 1.21 bits per heavy atom. The van der Waals surface area contributed by atoms with Gasteiger partial charge in [-0.2, -0.15) is 0 Å². The van der Waals surface area contributed by atoms with Crippen molar-refractivity contribution >= 4 is 18.0 Å². The average molecular weight is 539 g/mol. The van der Waals surface area contributed by atoms with Crippen molar-refractivity contribution in [2.24, 2.45) is 33.7 Å². The molecule has 4 heterocycles. The Labute approximate surface area is 224 Å². The number of nitrogens with zero attached hydrogens (tertiary/aromatic N) is 3. The molecule has 0 aromatic rings. The lowest BCUT2D eigenvalue weighted by Crippen LogP contribution is -2.59. The summed E-state index contributed by atoms with van der Waals surface area (Å²) in [5.74, 6) is -1.11. The van der Waals surface area contributed by atoms with Gasteiger partial charge in [0.2, 0.25) is 11.8 Å². The number of nitrogens with two attached hydrogens (primary N) is 2. The zero-order valence-electron chi connectivity index (χ0n) is 22.6. The van der Waals surface area contributed by atoms with Crippen LogP contribution in [-0.4, -0.2) is 105 Å². The molecule has 214 valence electrons. The summed E-state index contributed by atoms with van der Waals surface area (Å²) in [6.45, 7) is 7.74. The molecule has 4 rings (SSSR count). The molecule has 10 nitrogen and oxygen atoms in total. The van der Waals surface area contributed by atoms with E-state index in [0.29, 0.717) is 63.5 Å². The maximum Gasteiger partial charge on any atom is 0.231 e. The first-order valence-electron chi connectivity index (χ1n) is 13.9. The molecule has 5 atom stereocenters. The summed E-state index contributed by atoms with van der Waals surface area (Å²) in [7, 11) is 0. The van der Waals surface area contributed by atoms with Gasteiger partial charge in [0, 0.05) is 58.1 Å². The van der Waals surface area contributed by atoms with Crippen molar-refractivity contribution in [3.63, 3.8) is 0 Å². The van der Waals surface area contributed by atoms with Crippen molar-refractivity contribution in [3.8, 4) is 0 Å². The van der Waals surface area contributed by atoms with Gasteiger partial charge in [-0.15, -0.1) is 0 Å². The highest BCUT2D eigenvalue weighted by atomic mass is 19.1. The zero-order chi connectivity index (χ0) is 27.4. The Morgan fingerprint density at radius 2 is 1.92 bits per heavy atom. The number of nitrogens with one attached hydrogen (secondary N) is 3. The van der Waals surface area contributed by atoms with Crippen LogP contribution in [0.2, 0.25) is 0 Å². The van der Waals surface area contributed by atoms with Crippen LogP contribution in [0, 0.1) is 17.3 Å².